The van der Waals surface area contributed by atoms with E-state index in [4.69, 9.17) is 15.7 Å². The van der Waals surface area contributed by atoms with Crippen molar-refractivity contribution >= 4 is 22.9 Å². The molecule has 3 aromatic carbocycles. The second-order valence-corrected chi connectivity index (χ2v) is 9.15. The summed E-state index contributed by atoms with van der Waals surface area (Å²) in [6, 6.07) is 27.5. The summed E-state index contributed by atoms with van der Waals surface area (Å²) in [4.78, 5) is 22.6. The Balaban J connectivity index is 1.45. The fourth-order valence-electron chi connectivity index (χ4n) is 4.58. The van der Waals surface area contributed by atoms with Crippen molar-refractivity contribution < 1.29 is 5.11 Å². The number of hydrogen-bond donors (Lipinski definition) is 3. The number of hydrogen-bond acceptors (Lipinski definition) is 8. The minimum absolute atomic E-state index is 0.0234. The van der Waals surface area contributed by atoms with E-state index in [0.29, 0.717) is 17.5 Å². The third-order valence-electron chi connectivity index (χ3n) is 6.59. The largest absolute Gasteiger partial charge is 0.392 e. The number of aliphatic hydroxyl groups is 1. The van der Waals surface area contributed by atoms with Gasteiger partial charge in [0.1, 0.15) is 12.1 Å². The quantitative estimate of drug-likeness (QED) is 0.266. The smallest absolute Gasteiger partial charge is 0.225 e. The highest BCUT2D eigenvalue weighted by molar-refractivity contribution is 5.83. The lowest BCUT2D eigenvalue weighted by atomic mass is 10.0. The van der Waals surface area contributed by atoms with Crippen molar-refractivity contribution in [3.8, 4) is 28.3 Å². The molecular formula is C30H26N8O. The molecule has 0 saturated carbocycles. The lowest BCUT2D eigenvalue weighted by molar-refractivity contribution is 0.282. The van der Waals surface area contributed by atoms with Gasteiger partial charge in [0.05, 0.1) is 35.1 Å². The van der Waals surface area contributed by atoms with Crippen molar-refractivity contribution in [2.24, 2.45) is 0 Å². The van der Waals surface area contributed by atoms with E-state index < -0.39 is 0 Å². The normalized spacial score (nSPS) is 11.9. The van der Waals surface area contributed by atoms with E-state index in [1.165, 1.54) is 0 Å². The zero-order chi connectivity index (χ0) is 26.8. The number of fused-ring (bicyclic) bond motifs is 1. The summed E-state index contributed by atoms with van der Waals surface area (Å²) in [7, 11) is 0. The average molecular weight is 515 g/mol. The van der Waals surface area contributed by atoms with E-state index >= 15 is 0 Å². The molecule has 4 N–H and O–H groups in total. The van der Waals surface area contributed by atoms with E-state index in [1.54, 1.807) is 12.5 Å². The fraction of sp³-hybridized carbons (Fsp3) is 0.100. The number of aromatic nitrogens is 6. The predicted molar refractivity (Wildman–Crippen MR) is 152 cm³/mol. The maximum atomic E-state index is 9.98. The van der Waals surface area contributed by atoms with Crippen molar-refractivity contribution in [1.82, 2.24) is 29.5 Å². The Morgan fingerprint density at radius 1 is 0.872 bits per heavy atom. The zero-order valence-corrected chi connectivity index (χ0v) is 21.2. The molecule has 9 nitrogen and oxygen atoms in total. The second-order valence-electron chi connectivity index (χ2n) is 9.15. The van der Waals surface area contributed by atoms with E-state index in [1.807, 2.05) is 77.4 Å². The Kier molecular flexibility index (Phi) is 6.40. The lowest BCUT2D eigenvalue weighted by Gasteiger charge is -2.17. The average Bonchev–Trinajstić information content (AvgIpc) is 3.41. The van der Waals surface area contributed by atoms with Gasteiger partial charge in [0.15, 0.2) is 0 Å². The number of imidazole rings is 1. The van der Waals surface area contributed by atoms with Crippen LogP contribution in [0.4, 0.5) is 11.9 Å². The number of benzene rings is 3. The molecule has 0 aliphatic heterocycles. The minimum atomic E-state index is -0.0942. The summed E-state index contributed by atoms with van der Waals surface area (Å²) >= 11 is 0. The number of aliphatic hydroxyl groups excluding tert-OH is 1. The molecular weight excluding hydrogens is 488 g/mol. The third kappa shape index (κ3) is 4.90. The van der Waals surface area contributed by atoms with Crippen LogP contribution in [-0.4, -0.2) is 34.6 Å². The summed E-state index contributed by atoms with van der Waals surface area (Å²) in [5, 5.41) is 13.4. The van der Waals surface area contributed by atoms with E-state index in [9.17, 15) is 5.11 Å². The molecule has 0 unspecified atom stereocenters. The Hall–Kier alpha value is -5.15. The van der Waals surface area contributed by atoms with Gasteiger partial charge in [0.25, 0.3) is 0 Å². The Bertz CT molecular complexity index is 1770. The maximum absolute atomic E-state index is 9.98. The van der Waals surface area contributed by atoms with Crippen LogP contribution in [0.5, 0.6) is 0 Å². The lowest BCUT2D eigenvalue weighted by Crippen LogP contribution is -2.11. The van der Waals surface area contributed by atoms with Crippen LogP contribution in [0.3, 0.4) is 0 Å². The molecule has 6 aromatic rings. The molecule has 1 atom stereocenters. The van der Waals surface area contributed by atoms with Crippen molar-refractivity contribution in [2.45, 2.75) is 19.6 Å². The first-order valence-corrected chi connectivity index (χ1v) is 12.5. The van der Waals surface area contributed by atoms with Crippen molar-refractivity contribution in [1.29, 1.82) is 0 Å². The number of nitrogens with two attached hydrogens (primary N) is 1. The molecule has 0 bridgehead atoms. The van der Waals surface area contributed by atoms with Crippen LogP contribution >= 0.6 is 0 Å². The van der Waals surface area contributed by atoms with E-state index in [2.05, 4.69) is 39.3 Å². The summed E-state index contributed by atoms with van der Waals surface area (Å²) in [5.41, 5.74) is 12.5. The van der Waals surface area contributed by atoms with Crippen molar-refractivity contribution in [2.75, 3.05) is 11.1 Å². The zero-order valence-electron chi connectivity index (χ0n) is 21.2. The van der Waals surface area contributed by atoms with Crippen LogP contribution in [0.25, 0.3) is 39.4 Å². The van der Waals surface area contributed by atoms with Gasteiger partial charge in [-0.3, -0.25) is 4.57 Å². The molecule has 192 valence electrons. The fourth-order valence-corrected chi connectivity index (χ4v) is 4.58. The Labute approximate surface area is 225 Å². The molecule has 0 aliphatic rings. The van der Waals surface area contributed by atoms with Crippen molar-refractivity contribution in [3.63, 3.8) is 0 Å². The molecule has 0 fully saturated rings. The second kappa shape index (κ2) is 10.3. The van der Waals surface area contributed by atoms with Gasteiger partial charge < -0.3 is 16.2 Å². The minimum Gasteiger partial charge on any atom is -0.392 e. The number of rotatable bonds is 7. The summed E-state index contributed by atoms with van der Waals surface area (Å²) in [6.45, 7) is 1.98. The summed E-state index contributed by atoms with van der Waals surface area (Å²) < 4.78 is 1.93. The van der Waals surface area contributed by atoms with Crippen LogP contribution in [0.1, 0.15) is 24.1 Å². The van der Waals surface area contributed by atoms with Crippen LogP contribution in [0.2, 0.25) is 0 Å². The number of anilines is 2. The van der Waals surface area contributed by atoms with Crippen LogP contribution in [-0.2, 0) is 6.61 Å². The number of nitrogens with one attached hydrogen (secondary N) is 1. The van der Waals surface area contributed by atoms with Crippen LogP contribution < -0.4 is 11.1 Å². The molecule has 0 radical (unpaired) electrons. The monoisotopic (exact) mass is 514 g/mol. The molecule has 3 heterocycles. The van der Waals surface area contributed by atoms with Gasteiger partial charge in [0.2, 0.25) is 11.9 Å². The van der Waals surface area contributed by atoms with Gasteiger partial charge in [-0.15, -0.1) is 0 Å². The Morgan fingerprint density at radius 3 is 2.51 bits per heavy atom. The topological polar surface area (TPSA) is 128 Å². The molecule has 0 saturated heterocycles. The summed E-state index contributed by atoms with van der Waals surface area (Å²) in [6.07, 6.45) is 3.38. The number of nitrogens with zero attached hydrogens (tertiary/aromatic N) is 6. The standard InChI is InChI=1S/C30H26N8O/c1-19(20-7-3-2-4-8-20)34-30-36-25(23-10-6-5-9-22(23)17-39)16-28(37-30)38-18-33-26-15-21(11-12-27(26)38)24-13-14-32-29(31)35-24/h2-16,18-19,39H,17H2,1H3,(H2,31,32,35)(H,34,36,37)/t19-/m0/s1. The maximum Gasteiger partial charge on any atom is 0.225 e. The van der Waals surface area contributed by atoms with Gasteiger partial charge in [-0.1, -0.05) is 60.7 Å². The molecule has 0 spiro atoms. The SMILES string of the molecule is C[C@H](Nc1nc(-c2ccccc2CO)cc(-n2cnc3cc(-c4ccnc(N)n4)ccc32)n1)c1ccccc1. The first kappa shape index (κ1) is 24.2. The first-order chi connectivity index (χ1) is 19.1. The Morgan fingerprint density at radius 2 is 1.69 bits per heavy atom. The molecule has 6 rings (SSSR count). The molecule has 0 amide bonds. The highest BCUT2D eigenvalue weighted by Crippen LogP contribution is 2.29. The highest BCUT2D eigenvalue weighted by Gasteiger charge is 2.16. The molecule has 0 aliphatic carbocycles. The van der Waals surface area contributed by atoms with Crippen molar-refractivity contribution in [3.05, 3.63) is 109 Å². The number of nitrogen functional groups attached to an aromatic ring is 1. The van der Waals surface area contributed by atoms with Crippen LogP contribution in [0.15, 0.2) is 97.5 Å². The third-order valence-corrected chi connectivity index (χ3v) is 6.59. The predicted octanol–water partition coefficient (Wildman–Crippen LogP) is 5.19. The van der Waals surface area contributed by atoms with Crippen LogP contribution in [0, 0.1) is 0 Å². The summed E-state index contributed by atoms with van der Waals surface area (Å²) in [5.74, 6) is 1.35. The molecule has 9 heteroatoms. The molecule has 39 heavy (non-hydrogen) atoms. The van der Waals surface area contributed by atoms with E-state index in [0.717, 1.165) is 39.0 Å². The van der Waals surface area contributed by atoms with Gasteiger partial charge in [-0.2, -0.15) is 4.98 Å². The molecule has 3 aromatic heterocycles. The highest BCUT2D eigenvalue weighted by atomic mass is 16.3. The van der Waals surface area contributed by atoms with Gasteiger partial charge in [-0.05, 0) is 36.2 Å². The van der Waals surface area contributed by atoms with Gasteiger partial charge in [-0.25, -0.2) is 19.9 Å². The van der Waals surface area contributed by atoms with Gasteiger partial charge in [0, 0.05) is 23.4 Å². The van der Waals surface area contributed by atoms with Gasteiger partial charge >= 0.3 is 0 Å². The first-order valence-electron chi connectivity index (χ1n) is 12.5. The van der Waals surface area contributed by atoms with E-state index in [-0.39, 0.29) is 18.6 Å².